The highest BCUT2D eigenvalue weighted by molar-refractivity contribution is 5.50. The van der Waals surface area contributed by atoms with E-state index < -0.39 is 23.3 Å². The van der Waals surface area contributed by atoms with Crippen LogP contribution in [0, 0.1) is 35.1 Å². The van der Waals surface area contributed by atoms with Crippen molar-refractivity contribution in [2.45, 2.75) is 32.6 Å². The molecule has 0 radical (unpaired) electrons. The van der Waals surface area contributed by atoms with Crippen molar-refractivity contribution >= 4 is 0 Å². The predicted molar refractivity (Wildman–Crippen MR) is 89.1 cm³/mol. The van der Waals surface area contributed by atoms with Gasteiger partial charge in [-0.3, -0.25) is 0 Å². The third-order valence-electron chi connectivity index (χ3n) is 4.25. The highest BCUT2D eigenvalue weighted by Gasteiger charge is 2.20. The molecular formula is C21H16F4. The third kappa shape index (κ3) is 3.61. The van der Waals surface area contributed by atoms with E-state index in [1.165, 1.54) is 17.7 Å². The number of halogens is 4. The summed E-state index contributed by atoms with van der Waals surface area (Å²) in [5, 5.41) is 0. The van der Waals surface area contributed by atoms with Crippen molar-refractivity contribution in [3.63, 3.8) is 0 Å². The minimum Gasteiger partial charge on any atom is -0.206 e. The number of hydrogen-bond donors (Lipinski definition) is 0. The Morgan fingerprint density at radius 3 is 2.48 bits per heavy atom. The lowest BCUT2D eigenvalue weighted by Crippen LogP contribution is -2.09. The largest absolute Gasteiger partial charge is 0.206 e. The molecule has 0 fully saturated rings. The van der Waals surface area contributed by atoms with E-state index in [2.05, 4.69) is 18.8 Å². The summed E-state index contributed by atoms with van der Waals surface area (Å²) in [5.41, 5.74) is 2.11. The normalized spacial score (nSPS) is 12.9. The molecule has 4 heteroatoms. The predicted octanol–water partition coefficient (Wildman–Crippen LogP) is 5.47. The molecule has 1 aliphatic carbocycles. The number of rotatable bonds is 2. The molecule has 3 rings (SSSR count). The monoisotopic (exact) mass is 344 g/mol. The van der Waals surface area contributed by atoms with Gasteiger partial charge in [-0.1, -0.05) is 36.8 Å². The van der Waals surface area contributed by atoms with Gasteiger partial charge < -0.3 is 0 Å². The molecular weight excluding hydrogens is 328 g/mol. The number of fused-ring (bicyclic) bond motifs is 1. The fraction of sp³-hybridized carbons (Fsp3) is 0.238. The summed E-state index contributed by atoms with van der Waals surface area (Å²) in [5.74, 6) is 1.47. The highest BCUT2D eigenvalue weighted by atomic mass is 19.2. The average Bonchev–Trinajstić information content (AvgIpc) is 2.58. The van der Waals surface area contributed by atoms with E-state index in [1.54, 1.807) is 0 Å². The number of allylic oxidation sites excluding steroid dienone is 2. The van der Waals surface area contributed by atoms with E-state index in [1.807, 2.05) is 6.08 Å². The summed E-state index contributed by atoms with van der Waals surface area (Å²) >= 11 is 0. The molecule has 0 aliphatic heterocycles. The molecule has 0 bridgehead atoms. The molecule has 0 heterocycles. The van der Waals surface area contributed by atoms with Crippen molar-refractivity contribution in [3.05, 3.63) is 81.4 Å². The Kier molecular flexibility index (Phi) is 4.94. The van der Waals surface area contributed by atoms with Crippen molar-refractivity contribution in [3.8, 4) is 11.8 Å². The molecule has 0 spiro atoms. The smallest absolute Gasteiger partial charge is 0.160 e. The van der Waals surface area contributed by atoms with Crippen molar-refractivity contribution in [2.75, 3.05) is 0 Å². The van der Waals surface area contributed by atoms with Crippen molar-refractivity contribution in [2.24, 2.45) is 0 Å². The van der Waals surface area contributed by atoms with Crippen LogP contribution >= 0.6 is 0 Å². The molecule has 0 N–H and O–H groups in total. The Bertz CT molecular complexity index is 914. The Balaban J connectivity index is 1.96. The summed E-state index contributed by atoms with van der Waals surface area (Å²) < 4.78 is 55.1. The van der Waals surface area contributed by atoms with E-state index in [9.17, 15) is 17.6 Å². The second-order valence-corrected chi connectivity index (χ2v) is 6.06. The van der Waals surface area contributed by atoms with Gasteiger partial charge in [0.25, 0.3) is 0 Å². The highest BCUT2D eigenvalue weighted by Crippen LogP contribution is 2.29. The van der Waals surface area contributed by atoms with E-state index >= 15 is 0 Å². The molecule has 0 saturated heterocycles. The number of benzene rings is 2. The average molecular weight is 344 g/mol. The Labute approximate surface area is 144 Å². The molecule has 0 saturated carbocycles. The molecule has 0 aromatic heterocycles. The minimum absolute atomic E-state index is 0.153. The van der Waals surface area contributed by atoms with E-state index in [-0.39, 0.29) is 11.1 Å². The maximum absolute atomic E-state index is 14.7. The van der Waals surface area contributed by atoms with Gasteiger partial charge in [-0.25, -0.2) is 17.6 Å². The van der Waals surface area contributed by atoms with Gasteiger partial charge in [0, 0.05) is 5.56 Å². The van der Waals surface area contributed by atoms with Crippen molar-refractivity contribution in [1.82, 2.24) is 0 Å². The van der Waals surface area contributed by atoms with Crippen LogP contribution in [0.25, 0.3) is 0 Å². The van der Waals surface area contributed by atoms with Gasteiger partial charge in [-0.05, 0) is 54.7 Å². The molecule has 0 nitrogen and oxygen atoms in total. The van der Waals surface area contributed by atoms with Crippen LogP contribution in [0.15, 0.2) is 35.9 Å². The zero-order chi connectivity index (χ0) is 18.0. The molecule has 1 aliphatic rings. The van der Waals surface area contributed by atoms with Crippen LogP contribution in [-0.2, 0) is 12.8 Å². The Morgan fingerprint density at radius 1 is 0.960 bits per heavy atom. The summed E-state index contributed by atoms with van der Waals surface area (Å²) in [6, 6.07) is 4.42. The maximum atomic E-state index is 14.7. The third-order valence-corrected chi connectivity index (χ3v) is 4.25. The molecule has 2 aromatic carbocycles. The molecule has 0 atom stereocenters. The molecule has 0 amide bonds. The quantitative estimate of drug-likeness (QED) is 0.385. The zero-order valence-corrected chi connectivity index (χ0v) is 13.7. The fourth-order valence-electron chi connectivity index (χ4n) is 2.99. The lowest BCUT2D eigenvalue weighted by atomic mass is 9.88. The molecule has 0 unspecified atom stereocenters. The topological polar surface area (TPSA) is 0 Å². The van der Waals surface area contributed by atoms with Crippen LogP contribution in [0.3, 0.4) is 0 Å². The first-order valence-corrected chi connectivity index (χ1v) is 8.14. The van der Waals surface area contributed by atoms with Gasteiger partial charge in [0.05, 0.1) is 5.56 Å². The van der Waals surface area contributed by atoms with Crippen molar-refractivity contribution in [1.29, 1.82) is 0 Å². The van der Waals surface area contributed by atoms with Gasteiger partial charge in [0.15, 0.2) is 11.6 Å². The van der Waals surface area contributed by atoms with Crippen LogP contribution in [0.5, 0.6) is 0 Å². The van der Waals surface area contributed by atoms with Crippen LogP contribution in [0.4, 0.5) is 17.6 Å². The minimum atomic E-state index is -1.05. The van der Waals surface area contributed by atoms with E-state index in [4.69, 9.17) is 0 Å². The summed E-state index contributed by atoms with van der Waals surface area (Å²) in [7, 11) is 0. The molecule has 2 aromatic rings. The Morgan fingerprint density at radius 2 is 1.76 bits per heavy atom. The van der Waals surface area contributed by atoms with Gasteiger partial charge >= 0.3 is 0 Å². The fourth-order valence-corrected chi connectivity index (χ4v) is 2.99. The second kappa shape index (κ2) is 7.14. The summed E-state index contributed by atoms with van der Waals surface area (Å²) in [6.07, 6.45) is 4.86. The van der Waals surface area contributed by atoms with Crippen LogP contribution < -0.4 is 0 Å². The first kappa shape index (κ1) is 17.3. The first-order valence-electron chi connectivity index (χ1n) is 8.14. The first-order chi connectivity index (χ1) is 12.0. The lowest BCUT2D eigenvalue weighted by Gasteiger charge is -2.18. The zero-order valence-electron chi connectivity index (χ0n) is 13.7. The van der Waals surface area contributed by atoms with Gasteiger partial charge in [-0.15, -0.1) is 0 Å². The van der Waals surface area contributed by atoms with E-state index in [0.717, 1.165) is 25.0 Å². The van der Waals surface area contributed by atoms with Crippen LogP contribution in [0.1, 0.15) is 42.0 Å². The standard InChI is InChI=1S/C21H16F4/c1-2-3-13-4-7-16-15(10-13)12-19(23)17(21(16)25)8-5-14-6-9-18(22)20(24)11-14/h4,6,9,11-12H,2-3,7,10H2,1H3. The molecule has 25 heavy (non-hydrogen) atoms. The number of hydrogen-bond acceptors (Lipinski definition) is 0. The summed E-state index contributed by atoms with van der Waals surface area (Å²) in [6.45, 7) is 2.06. The molecule has 128 valence electrons. The maximum Gasteiger partial charge on any atom is 0.160 e. The van der Waals surface area contributed by atoms with Gasteiger partial charge in [-0.2, -0.15) is 0 Å². The second-order valence-electron chi connectivity index (χ2n) is 6.06. The lowest BCUT2D eigenvalue weighted by molar-refractivity contribution is 0.508. The van der Waals surface area contributed by atoms with Crippen LogP contribution in [0.2, 0.25) is 0 Å². The SMILES string of the molecule is CCCC1=CCc2c(cc(F)c(C#Cc3ccc(F)c(F)c3)c2F)C1. The van der Waals surface area contributed by atoms with Gasteiger partial charge in [0.2, 0.25) is 0 Å². The summed E-state index contributed by atoms with van der Waals surface area (Å²) in [4.78, 5) is 0. The Hall–Kier alpha value is -2.54. The van der Waals surface area contributed by atoms with Crippen molar-refractivity contribution < 1.29 is 17.6 Å². The van der Waals surface area contributed by atoms with Gasteiger partial charge in [0.1, 0.15) is 11.6 Å². The van der Waals surface area contributed by atoms with E-state index in [0.29, 0.717) is 24.0 Å². The van der Waals surface area contributed by atoms with Crippen LogP contribution in [-0.4, -0.2) is 0 Å².